The van der Waals surface area contributed by atoms with Crippen LogP contribution in [0.2, 0.25) is 0 Å². The molecule has 3 nitrogen and oxygen atoms in total. The summed E-state index contributed by atoms with van der Waals surface area (Å²) >= 11 is 3.07. The van der Waals surface area contributed by atoms with Gasteiger partial charge >= 0.3 is 12.4 Å². The van der Waals surface area contributed by atoms with E-state index in [0.717, 1.165) is 0 Å². The van der Waals surface area contributed by atoms with Gasteiger partial charge in [-0.05, 0) is 29.8 Å². The topological polar surface area (TPSA) is 27.1 Å². The van der Waals surface area contributed by atoms with Crippen molar-refractivity contribution in [1.82, 2.24) is 9.78 Å². The second kappa shape index (κ2) is 5.92. The lowest BCUT2D eigenvalue weighted by Crippen LogP contribution is -2.44. The minimum atomic E-state index is -5.52. The maximum absolute atomic E-state index is 12.3. The molecule has 0 N–H and O–H groups in total. The Balaban J connectivity index is 2.94. The molecule has 0 bridgehead atoms. The molecule has 0 aliphatic carbocycles. The van der Waals surface area contributed by atoms with Crippen LogP contribution in [0, 0.1) is 6.92 Å². The predicted molar refractivity (Wildman–Crippen MR) is 61.0 cm³/mol. The zero-order valence-corrected chi connectivity index (χ0v) is 12.0. The Morgan fingerprint density at radius 3 is 2.10 bits per heavy atom. The predicted octanol–water partition coefficient (Wildman–Crippen LogP) is 3.98. The van der Waals surface area contributed by atoms with Crippen LogP contribution in [0.3, 0.4) is 0 Å². The second-order valence-electron chi connectivity index (χ2n) is 3.94. The summed E-state index contributed by atoms with van der Waals surface area (Å²) in [5.74, 6) is 0. The largest absolute Gasteiger partial charge is 0.423 e. The fraction of sp³-hybridized carbons (Fsp3) is 0.700. The normalized spacial score (nSPS) is 13.3. The molecule has 0 spiro atoms. The number of hydrogen-bond donors (Lipinski definition) is 0. The van der Waals surface area contributed by atoms with Crippen molar-refractivity contribution < 1.29 is 31.1 Å². The molecular formula is C10H11BrF6N2O. The molecule has 1 aromatic heterocycles. The van der Waals surface area contributed by atoms with Gasteiger partial charge in [0.15, 0.2) is 0 Å². The molecule has 0 saturated carbocycles. The van der Waals surface area contributed by atoms with E-state index in [0.29, 0.717) is 16.7 Å². The summed E-state index contributed by atoms with van der Waals surface area (Å²) in [6, 6.07) is 0. The summed E-state index contributed by atoms with van der Waals surface area (Å²) in [7, 11) is 0. The summed E-state index contributed by atoms with van der Waals surface area (Å²) in [6.07, 6.45) is -14.9. The van der Waals surface area contributed by atoms with Crippen LogP contribution in [-0.2, 0) is 17.9 Å². The molecule has 0 atom stereocenters. The van der Waals surface area contributed by atoms with Gasteiger partial charge in [-0.25, -0.2) is 0 Å². The standard InChI is InChI=1S/C10H11BrF6N2O/c1-3-19-6(7(11)5(2)18-19)4-20-8(9(12,13)14)10(15,16)17/h8H,3-4H2,1-2H3. The quantitative estimate of drug-likeness (QED) is 0.751. The van der Waals surface area contributed by atoms with Crippen molar-refractivity contribution in [3.63, 3.8) is 0 Å². The van der Waals surface area contributed by atoms with Crippen molar-refractivity contribution in [2.45, 2.75) is 45.5 Å². The molecule has 0 aliphatic heterocycles. The molecule has 1 rings (SSSR count). The van der Waals surface area contributed by atoms with Gasteiger partial charge in [-0.15, -0.1) is 0 Å². The van der Waals surface area contributed by atoms with Crippen LogP contribution in [0.1, 0.15) is 18.3 Å². The van der Waals surface area contributed by atoms with Crippen LogP contribution in [0.25, 0.3) is 0 Å². The summed E-state index contributed by atoms with van der Waals surface area (Å²) < 4.78 is 79.6. The molecule has 0 saturated heterocycles. The number of hydrogen-bond acceptors (Lipinski definition) is 2. The van der Waals surface area contributed by atoms with E-state index in [1.54, 1.807) is 13.8 Å². The summed E-state index contributed by atoms with van der Waals surface area (Å²) in [4.78, 5) is 0. The number of halogens is 7. The zero-order chi connectivity index (χ0) is 15.7. The molecule has 20 heavy (non-hydrogen) atoms. The van der Waals surface area contributed by atoms with Gasteiger partial charge in [0.1, 0.15) is 0 Å². The van der Waals surface area contributed by atoms with E-state index >= 15 is 0 Å². The molecule has 116 valence electrons. The Morgan fingerprint density at radius 1 is 1.20 bits per heavy atom. The smallest absolute Gasteiger partial charge is 0.354 e. The number of nitrogens with zero attached hydrogens (tertiary/aromatic N) is 2. The van der Waals surface area contributed by atoms with Gasteiger partial charge in [0, 0.05) is 6.54 Å². The first-order valence-corrected chi connectivity index (χ1v) is 6.24. The van der Waals surface area contributed by atoms with Gasteiger partial charge in [-0.3, -0.25) is 4.68 Å². The van der Waals surface area contributed by atoms with Crippen LogP contribution < -0.4 is 0 Å². The monoisotopic (exact) mass is 368 g/mol. The zero-order valence-electron chi connectivity index (χ0n) is 10.4. The number of ether oxygens (including phenoxy) is 1. The highest BCUT2D eigenvalue weighted by atomic mass is 79.9. The maximum atomic E-state index is 12.3. The van der Waals surface area contributed by atoms with E-state index in [4.69, 9.17) is 0 Å². The lowest BCUT2D eigenvalue weighted by Gasteiger charge is -2.23. The van der Waals surface area contributed by atoms with E-state index in [1.807, 2.05) is 0 Å². The van der Waals surface area contributed by atoms with Crippen molar-refractivity contribution in [3.05, 3.63) is 15.9 Å². The Morgan fingerprint density at radius 2 is 1.70 bits per heavy atom. The van der Waals surface area contributed by atoms with Crippen molar-refractivity contribution in [2.24, 2.45) is 0 Å². The van der Waals surface area contributed by atoms with Gasteiger partial charge in [0.05, 0.1) is 22.5 Å². The van der Waals surface area contributed by atoms with Crippen LogP contribution in [0.15, 0.2) is 4.47 Å². The van der Waals surface area contributed by atoms with E-state index in [9.17, 15) is 26.3 Å². The van der Waals surface area contributed by atoms with Crippen LogP contribution >= 0.6 is 15.9 Å². The average Bonchev–Trinajstić information content (AvgIpc) is 2.53. The summed E-state index contributed by atoms with van der Waals surface area (Å²) in [5.41, 5.74) is 0.588. The molecule has 1 aromatic rings. The minimum Gasteiger partial charge on any atom is -0.354 e. The molecule has 0 radical (unpaired) electrons. The van der Waals surface area contributed by atoms with Crippen molar-refractivity contribution >= 4 is 15.9 Å². The first-order chi connectivity index (χ1) is 8.98. The number of aryl methyl sites for hydroxylation is 2. The van der Waals surface area contributed by atoms with Crippen LogP contribution in [-0.4, -0.2) is 28.2 Å². The lowest BCUT2D eigenvalue weighted by molar-refractivity contribution is -0.324. The first-order valence-electron chi connectivity index (χ1n) is 5.45. The molecule has 10 heteroatoms. The van der Waals surface area contributed by atoms with Crippen molar-refractivity contribution in [1.29, 1.82) is 0 Å². The van der Waals surface area contributed by atoms with Gasteiger partial charge in [-0.1, -0.05) is 0 Å². The molecule has 0 unspecified atom stereocenters. The third-order valence-corrected chi connectivity index (χ3v) is 3.47. The molecule has 0 fully saturated rings. The highest BCUT2D eigenvalue weighted by Gasteiger charge is 2.58. The Kier molecular flexibility index (Phi) is 5.12. The van der Waals surface area contributed by atoms with Crippen LogP contribution in [0.4, 0.5) is 26.3 Å². The van der Waals surface area contributed by atoms with Gasteiger partial charge < -0.3 is 4.74 Å². The van der Waals surface area contributed by atoms with Gasteiger partial charge in [0.2, 0.25) is 6.10 Å². The average molecular weight is 369 g/mol. The van der Waals surface area contributed by atoms with Gasteiger partial charge in [-0.2, -0.15) is 31.4 Å². The molecule has 0 amide bonds. The molecule has 0 aromatic carbocycles. The first kappa shape index (κ1) is 17.3. The molecule has 1 heterocycles. The third-order valence-electron chi connectivity index (χ3n) is 2.43. The highest BCUT2D eigenvalue weighted by molar-refractivity contribution is 9.10. The van der Waals surface area contributed by atoms with Gasteiger partial charge in [0.25, 0.3) is 0 Å². The van der Waals surface area contributed by atoms with Crippen LogP contribution in [0.5, 0.6) is 0 Å². The fourth-order valence-electron chi connectivity index (χ4n) is 1.54. The molecule has 0 aliphatic rings. The molecular weight excluding hydrogens is 358 g/mol. The van der Waals surface area contributed by atoms with E-state index in [2.05, 4.69) is 25.8 Å². The summed E-state index contributed by atoms with van der Waals surface area (Å²) in [6.45, 7) is 2.69. The lowest BCUT2D eigenvalue weighted by atomic mass is 10.3. The summed E-state index contributed by atoms with van der Waals surface area (Å²) in [5, 5.41) is 3.96. The number of rotatable bonds is 4. The number of alkyl halides is 6. The maximum Gasteiger partial charge on any atom is 0.423 e. The van der Waals surface area contributed by atoms with Crippen molar-refractivity contribution in [2.75, 3.05) is 0 Å². The highest BCUT2D eigenvalue weighted by Crippen LogP contribution is 2.36. The Labute approximate surface area is 119 Å². The SMILES string of the molecule is CCn1nc(C)c(Br)c1COC(C(F)(F)F)C(F)(F)F. The van der Waals surface area contributed by atoms with E-state index < -0.39 is 25.1 Å². The second-order valence-corrected chi connectivity index (χ2v) is 4.73. The Hall–Kier alpha value is -0.770. The van der Waals surface area contributed by atoms with Crippen molar-refractivity contribution in [3.8, 4) is 0 Å². The third kappa shape index (κ3) is 3.87. The van der Waals surface area contributed by atoms with E-state index in [-0.39, 0.29) is 5.69 Å². The number of aromatic nitrogens is 2. The Bertz CT molecular complexity index is 454. The minimum absolute atomic E-state index is 0.128. The fourth-order valence-corrected chi connectivity index (χ4v) is 1.94. The van der Waals surface area contributed by atoms with E-state index in [1.165, 1.54) is 4.68 Å².